The first-order valence-corrected chi connectivity index (χ1v) is 6.96. The first kappa shape index (κ1) is 13.2. The molecule has 0 aliphatic rings. The highest BCUT2D eigenvalue weighted by Crippen LogP contribution is 2.10. The van der Waals surface area contributed by atoms with Gasteiger partial charge in [-0.2, -0.15) is 5.10 Å². The lowest BCUT2D eigenvalue weighted by Gasteiger charge is -2.05. The van der Waals surface area contributed by atoms with Gasteiger partial charge in [-0.15, -0.1) is 0 Å². The summed E-state index contributed by atoms with van der Waals surface area (Å²) in [6.45, 7) is 0.726. The van der Waals surface area contributed by atoms with E-state index in [1.807, 2.05) is 60.9 Å². The van der Waals surface area contributed by atoms with Crippen LogP contribution in [-0.4, -0.2) is 10.8 Å². The summed E-state index contributed by atoms with van der Waals surface area (Å²) in [4.78, 5) is 0. The van der Waals surface area contributed by atoms with E-state index >= 15 is 0 Å². The molecule has 0 fully saturated rings. The summed E-state index contributed by atoms with van der Waals surface area (Å²) >= 11 is 0. The first-order chi connectivity index (χ1) is 10.4. The minimum absolute atomic E-state index is 0.726. The van der Waals surface area contributed by atoms with Crippen molar-refractivity contribution < 1.29 is 0 Å². The summed E-state index contributed by atoms with van der Waals surface area (Å²) in [6, 6.07) is 24.5. The molecule has 3 rings (SSSR count). The standard InChI is InChI=1S/C18H17N3/c1-3-8-16(9-4-1)14-19-20-15-18-12-7-13-21(18)17-10-5-2-6-11-17/h1-13,15,19H,14H2. The van der Waals surface area contributed by atoms with Gasteiger partial charge in [-0.3, -0.25) is 0 Å². The maximum Gasteiger partial charge on any atom is 0.0708 e. The zero-order valence-corrected chi connectivity index (χ0v) is 11.7. The van der Waals surface area contributed by atoms with E-state index in [0.29, 0.717) is 0 Å². The monoisotopic (exact) mass is 275 g/mol. The third-order valence-corrected chi connectivity index (χ3v) is 3.23. The van der Waals surface area contributed by atoms with Crippen LogP contribution >= 0.6 is 0 Å². The predicted molar refractivity (Wildman–Crippen MR) is 86.6 cm³/mol. The topological polar surface area (TPSA) is 29.3 Å². The molecule has 0 amide bonds. The molecule has 3 aromatic rings. The molecule has 0 atom stereocenters. The number of hydrazone groups is 1. The second-order valence-electron chi connectivity index (χ2n) is 4.72. The second-order valence-corrected chi connectivity index (χ2v) is 4.72. The highest BCUT2D eigenvalue weighted by atomic mass is 15.3. The van der Waals surface area contributed by atoms with E-state index in [2.05, 4.69) is 39.4 Å². The van der Waals surface area contributed by atoms with Crippen LogP contribution in [0.5, 0.6) is 0 Å². The molecule has 0 aliphatic carbocycles. The zero-order valence-electron chi connectivity index (χ0n) is 11.7. The van der Waals surface area contributed by atoms with E-state index in [0.717, 1.165) is 17.9 Å². The fraction of sp³-hybridized carbons (Fsp3) is 0.0556. The maximum absolute atomic E-state index is 4.30. The Morgan fingerprint density at radius 2 is 1.57 bits per heavy atom. The van der Waals surface area contributed by atoms with Gasteiger partial charge in [0.2, 0.25) is 0 Å². The number of hydrogen-bond donors (Lipinski definition) is 1. The molecule has 1 N–H and O–H groups in total. The lowest BCUT2D eigenvalue weighted by atomic mass is 10.2. The van der Waals surface area contributed by atoms with Gasteiger partial charge in [-0.25, -0.2) is 0 Å². The van der Waals surface area contributed by atoms with Crippen molar-refractivity contribution in [3.63, 3.8) is 0 Å². The maximum atomic E-state index is 4.30. The van der Waals surface area contributed by atoms with Crippen LogP contribution in [-0.2, 0) is 6.54 Å². The summed E-state index contributed by atoms with van der Waals surface area (Å²) in [5, 5.41) is 4.30. The summed E-state index contributed by atoms with van der Waals surface area (Å²) in [5.74, 6) is 0. The van der Waals surface area contributed by atoms with Crippen LogP contribution in [0.1, 0.15) is 11.3 Å². The van der Waals surface area contributed by atoms with Gasteiger partial charge in [0.1, 0.15) is 0 Å². The van der Waals surface area contributed by atoms with Crippen molar-refractivity contribution in [2.45, 2.75) is 6.54 Å². The molecule has 0 aliphatic heterocycles. The van der Waals surface area contributed by atoms with E-state index in [1.165, 1.54) is 5.56 Å². The van der Waals surface area contributed by atoms with Crippen molar-refractivity contribution in [1.29, 1.82) is 0 Å². The third kappa shape index (κ3) is 3.39. The number of rotatable bonds is 5. The lowest BCUT2D eigenvalue weighted by molar-refractivity contribution is 0.747. The molecule has 1 aromatic heterocycles. The molecule has 21 heavy (non-hydrogen) atoms. The molecule has 0 spiro atoms. The highest BCUT2D eigenvalue weighted by molar-refractivity contribution is 5.78. The van der Waals surface area contributed by atoms with Gasteiger partial charge in [0.25, 0.3) is 0 Å². The average Bonchev–Trinajstić information content (AvgIpc) is 3.02. The quantitative estimate of drug-likeness (QED) is 0.559. The highest BCUT2D eigenvalue weighted by Gasteiger charge is 1.99. The summed E-state index contributed by atoms with van der Waals surface area (Å²) < 4.78 is 2.10. The molecule has 1 heterocycles. The Kier molecular flexibility index (Phi) is 4.12. The second kappa shape index (κ2) is 6.57. The Balaban J connectivity index is 1.66. The van der Waals surface area contributed by atoms with E-state index in [1.54, 1.807) is 0 Å². The summed E-state index contributed by atoms with van der Waals surface area (Å²) in [7, 11) is 0. The molecule has 2 aromatic carbocycles. The number of aromatic nitrogens is 1. The summed E-state index contributed by atoms with van der Waals surface area (Å²) in [5.41, 5.74) is 6.47. The van der Waals surface area contributed by atoms with Gasteiger partial charge < -0.3 is 9.99 Å². The molecule has 0 radical (unpaired) electrons. The number of nitrogens with one attached hydrogen (secondary N) is 1. The number of para-hydroxylation sites is 1. The van der Waals surface area contributed by atoms with E-state index in [4.69, 9.17) is 0 Å². The van der Waals surface area contributed by atoms with E-state index in [-0.39, 0.29) is 0 Å². The van der Waals surface area contributed by atoms with Crippen molar-refractivity contribution in [3.05, 3.63) is 90.3 Å². The van der Waals surface area contributed by atoms with Gasteiger partial charge in [0.15, 0.2) is 0 Å². The Hall–Kier alpha value is -2.81. The van der Waals surface area contributed by atoms with E-state index < -0.39 is 0 Å². The molecule has 0 unspecified atom stereocenters. The fourth-order valence-electron chi connectivity index (χ4n) is 2.17. The molecular weight excluding hydrogens is 258 g/mol. The van der Waals surface area contributed by atoms with Crippen LogP contribution in [0.4, 0.5) is 0 Å². The van der Waals surface area contributed by atoms with E-state index in [9.17, 15) is 0 Å². The minimum Gasteiger partial charge on any atom is -0.316 e. The summed E-state index contributed by atoms with van der Waals surface area (Å²) in [6.07, 6.45) is 3.88. The molecule has 0 saturated carbocycles. The van der Waals surface area contributed by atoms with Crippen LogP contribution < -0.4 is 5.43 Å². The van der Waals surface area contributed by atoms with Gasteiger partial charge >= 0.3 is 0 Å². The molecule has 3 heteroatoms. The van der Waals surface area contributed by atoms with Crippen molar-refractivity contribution in [3.8, 4) is 5.69 Å². The van der Waals surface area contributed by atoms with Crippen molar-refractivity contribution >= 4 is 6.21 Å². The van der Waals surface area contributed by atoms with Crippen LogP contribution in [0, 0.1) is 0 Å². The Bertz CT molecular complexity index is 700. The van der Waals surface area contributed by atoms with Crippen LogP contribution in [0.25, 0.3) is 5.69 Å². The molecule has 104 valence electrons. The van der Waals surface area contributed by atoms with Crippen LogP contribution in [0.2, 0.25) is 0 Å². The average molecular weight is 275 g/mol. The van der Waals surface area contributed by atoms with Crippen LogP contribution in [0.3, 0.4) is 0 Å². The van der Waals surface area contributed by atoms with Crippen LogP contribution in [0.15, 0.2) is 84.1 Å². The van der Waals surface area contributed by atoms with Crippen molar-refractivity contribution in [2.75, 3.05) is 0 Å². The first-order valence-electron chi connectivity index (χ1n) is 6.96. The van der Waals surface area contributed by atoms with Gasteiger partial charge in [0, 0.05) is 11.9 Å². The molecule has 3 nitrogen and oxygen atoms in total. The Morgan fingerprint density at radius 1 is 0.857 bits per heavy atom. The largest absolute Gasteiger partial charge is 0.316 e. The molecular formula is C18H17N3. The van der Waals surface area contributed by atoms with Crippen molar-refractivity contribution in [2.24, 2.45) is 5.10 Å². The predicted octanol–water partition coefficient (Wildman–Crippen LogP) is 3.60. The number of nitrogens with zero attached hydrogens (tertiary/aromatic N) is 2. The SMILES string of the molecule is C(=NNCc1ccccc1)c1cccn1-c1ccccc1. The minimum atomic E-state index is 0.726. The van der Waals surface area contributed by atoms with Gasteiger partial charge in [-0.1, -0.05) is 48.5 Å². The normalized spacial score (nSPS) is 10.9. The zero-order chi connectivity index (χ0) is 14.3. The lowest BCUT2D eigenvalue weighted by Crippen LogP contribution is -2.06. The van der Waals surface area contributed by atoms with Gasteiger partial charge in [-0.05, 0) is 29.8 Å². The Labute approximate surface area is 124 Å². The third-order valence-electron chi connectivity index (χ3n) is 3.23. The van der Waals surface area contributed by atoms with Gasteiger partial charge in [0.05, 0.1) is 18.5 Å². The van der Waals surface area contributed by atoms with Crippen molar-refractivity contribution in [1.82, 2.24) is 9.99 Å². The fourth-order valence-corrected chi connectivity index (χ4v) is 2.17. The molecule has 0 saturated heterocycles. The Morgan fingerprint density at radius 3 is 2.33 bits per heavy atom. The number of hydrogen-bond acceptors (Lipinski definition) is 2. The molecule has 0 bridgehead atoms. The number of benzene rings is 2. The smallest absolute Gasteiger partial charge is 0.0708 e.